The third kappa shape index (κ3) is 3.81. The lowest BCUT2D eigenvalue weighted by atomic mass is 9.97. The van der Waals surface area contributed by atoms with Gasteiger partial charge >= 0.3 is 0 Å². The Bertz CT molecular complexity index is 449. The van der Waals surface area contributed by atoms with Crippen LogP contribution in [0.1, 0.15) is 20.3 Å². The Balaban J connectivity index is 1.99. The maximum Gasteiger partial charge on any atom is 0.162 e. The second-order valence-electron chi connectivity index (χ2n) is 5.41. The fourth-order valence-corrected chi connectivity index (χ4v) is 3.49. The zero-order chi connectivity index (χ0) is 14.6. The average Bonchev–Trinajstić information content (AvgIpc) is 2.47. The van der Waals surface area contributed by atoms with Gasteiger partial charge in [0, 0.05) is 15.7 Å². The van der Waals surface area contributed by atoms with Gasteiger partial charge in [-0.1, -0.05) is 6.92 Å². The molecule has 112 valence electrons. The number of hydrogen-bond acceptors (Lipinski definition) is 5. The second-order valence-corrected chi connectivity index (χ2v) is 6.92. The van der Waals surface area contributed by atoms with Crippen LogP contribution in [0.4, 0.5) is 0 Å². The van der Waals surface area contributed by atoms with Gasteiger partial charge in [0.1, 0.15) is 13.2 Å². The SMILES string of the molecule is CNC(C)(CO)CC(C)Sc1ccc2c(c1)OCCO2. The van der Waals surface area contributed by atoms with Crippen molar-refractivity contribution < 1.29 is 14.6 Å². The summed E-state index contributed by atoms with van der Waals surface area (Å²) < 4.78 is 11.1. The largest absolute Gasteiger partial charge is 0.486 e. The first-order valence-corrected chi connectivity index (χ1v) is 7.80. The fraction of sp³-hybridized carbons (Fsp3) is 0.600. The van der Waals surface area contributed by atoms with E-state index >= 15 is 0 Å². The molecule has 0 bridgehead atoms. The molecular weight excluding hydrogens is 274 g/mol. The smallest absolute Gasteiger partial charge is 0.162 e. The number of nitrogens with one attached hydrogen (secondary N) is 1. The van der Waals surface area contributed by atoms with E-state index in [1.54, 1.807) is 11.8 Å². The number of thioether (sulfide) groups is 1. The molecule has 2 atom stereocenters. The highest BCUT2D eigenvalue weighted by molar-refractivity contribution is 8.00. The lowest BCUT2D eigenvalue weighted by Gasteiger charge is -2.29. The molecule has 0 spiro atoms. The van der Waals surface area contributed by atoms with Gasteiger partial charge in [0.25, 0.3) is 0 Å². The van der Waals surface area contributed by atoms with Crippen LogP contribution in [0.15, 0.2) is 23.1 Å². The van der Waals surface area contributed by atoms with Gasteiger partial charge in [-0.2, -0.15) is 0 Å². The highest BCUT2D eigenvalue weighted by atomic mass is 32.2. The van der Waals surface area contributed by atoms with Crippen LogP contribution >= 0.6 is 11.8 Å². The van der Waals surface area contributed by atoms with Gasteiger partial charge in [0.15, 0.2) is 11.5 Å². The predicted molar refractivity (Wildman–Crippen MR) is 81.9 cm³/mol. The van der Waals surface area contributed by atoms with Crippen molar-refractivity contribution in [3.05, 3.63) is 18.2 Å². The van der Waals surface area contributed by atoms with Gasteiger partial charge in [-0.25, -0.2) is 0 Å². The number of aliphatic hydroxyl groups is 1. The molecule has 1 aromatic carbocycles. The first-order valence-electron chi connectivity index (χ1n) is 6.92. The minimum atomic E-state index is -0.236. The van der Waals surface area contributed by atoms with Crippen LogP contribution in [0.5, 0.6) is 11.5 Å². The topological polar surface area (TPSA) is 50.7 Å². The van der Waals surface area contributed by atoms with Crippen LogP contribution in [-0.2, 0) is 0 Å². The normalized spacial score (nSPS) is 18.4. The minimum Gasteiger partial charge on any atom is -0.486 e. The van der Waals surface area contributed by atoms with Gasteiger partial charge in [-0.3, -0.25) is 0 Å². The number of rotatable bonds is 6. The summed E-state index contributed by atoms with van der Waals surface area (Å²) in [7, 11) is 1.89. The molecule has 0 amide bonds. The van der Waals surface area contributed by atoms with E-state index in [9.17, 15) is 5.11 Å². The third-order valence-electron chi connectivity index (χ3n) is 3.54. The summed E-state index contributed by atoms with van der Waals surface area (Å²) >= 11 is 1.79. The Kier molecular flexibility index (Phi) is 5.18. The molecule has 2 rings (SSSR count). The maximum absolute atomic E-state index is 9.45. The molecule has 0 saturated carbocycles. The molecule has 0 radical (unpaired) electrons. The van der Waals surface area contributed by atoms with E-state index < -0.39 is 0 Å². The standard InChI is InChI=1S/C15H23NO3S/c1-11(9-15(2,10-17)16-3)20-12-4-5-13-14(8-12)19-7-6-18-13/h4-5,8,11,16-17H,6-7,9-10H2,1-3H3. The lowest BCUT2D eigenvalue weighted by molar-refractivity contribution is 0.171. The maximum atomic E-state index is 9.45. The first kappa shape index (κ1) is 15.5. The number of benzene rings is 1. The average molecular weight is 297 g/mol. The zero-order valence-corrected chi connectivity index (χ0v) is 13.1. The van der Waals surface area contributed by atoms with Crippen molar-refractivity contribution in [3.8, 4) is 11.5 Å². The van der Waals surface area contributed by atoms with E-state index in [0.29, 0.717) is 18.5 Å². The van der Waals surface area contributed by atoms with Crippen LogP contribution in [0, 0.1) is 0 Å². The van der Waals surface area contributed by atoms with E-state index in [1.807, 2.05) is 26.1 Å². The van der Waals surface area contributed by atoms with Crippen molar-refractivity contribution >= 4 is 11.8 Å². The van der Waals surface area contributed by atoms with E-state index in [2.05, 4.69) is 18.3 Å². The van der Waals surface area contributed by atoms with E-state index in [4.69, 9.17) is 9.47 Å². The van der Waals surface area contributed by atoms with Gasteiger partial charge < -0.3 is 19.9 Å². The second kappa shape index (κ2) is 6.70. The van der Waals surface area contributed by atoms with E-state index in [0.717, 1.165) is 22.8 Å². The summed E-state index contributed by atoms with van der Waals surface area (Å²) in [5.41, 5.74) is -0.236. The summed E-state index contributed by atoms with van der Waals surface area (Å²) in [4.78, 5) is 1.16. The molecule has 0 aliphatic carbocycles. The van der Waals surface area contributed by atoms with E-state index in [-0.39, 0.29) is 12.1 Å². The predicted octanol–water partition coefficient (Wildman–Crippen LogP) is 2.30. The Hall–Kier alpha value is -0.910. The molecule has 2 N–H and O–H groups in total. The van der Waals surface area contributed by atoms with Crippen molar-refractivity contribution in [3.63, 3.8) is 0 Å². The summed E-state index contributed by atoms with van der Waals surface area (Å²) in [5.74, 6) is 1.65. The van der Waals surface area contributed by atoms with Crippen molar-refractivity contribution in [2.45, 2.75) is 36.0 Å². The fourth-order valence-electron chi connectivity index (χ4n) is 2.25. The van der Waals surface area contributed by atoms with Crippen LogP contribution in [0.25, 0.3) is 0 Å². The van der Waals surface area contributed by atoms with Crippen molar-refractivity contribution in [2.24, 2.45) is 0 Å². The molecule has 1 aliphatic rings. The van der Waals surface area contributed by atoms with Gasteiger partial charge in [-0.05, 0) is 38.6 Å². The highest BCUT2D eigenvalue weighted by Gasteiger charge is 2.24. The van der Waals surface area contributed by atoms with Crippen LogP contribution in [0.3, 0.4) is 0 Å². The quantitative estimate of drug-likeness (QED) is 0.789. The summed E-state index contributed by atoms with van der Waals surface area (Å²) in [6.07, 6.45) is 0.888. The molecule has 4 nitrogen and oxygen atoms in total. The summed E-state index contributed by atoms with van der Waals surface area (Å²) in [5, 5.41) is 13.0. The number of ether oxygens (including phenoxy) is 2. The lowest BCUT2D eigenvalue weighted by Crippen LogP contribution is -2.45. The van der Waals surface area contributed by atoms with E-state index in [1.165, 1.54) is 0 Å². The molecule has 1 aliphatic heterocycles. The number of hydrogen-bond donors (Lipinski definition) is 2. The van der Waals surface area contributed by atoms with Crippen LogP contribution in [0.2, 0.25) is 0 Å². The number of likely N-dealkylation sites (N-methyl/N-ethyl adjacent to an activating group) is 1. The first-order chi connectivity index (χ1) is 9.56. The molecule has 20 heavy (non-hydrogen) atoms. The van der Waals surface area contributed by atoms with Crippen LogP contribution in [-0.4, -0.2) is 42.8 Å². The summed E-state index contributed by atoms with van der Waals surface area (Å²) in [6.45, 7) is 5.57. The van der Waals surface area contributed by atoms with Gasteiger partial charge in [0.2, 0.25) is 0 Å². The molecule has 1 heterocycles. The minimum absolute atomic E-state index is 0.134. The molecule has 2 unspecified atom stereocenters. The van der Waals surface area contributed by atoms with Crippen molar-refractivity contribution in [2.75, 3.05) is 26.9 Å². The third-order valence-corrected chi connectivity index (χ3v) is 4.64. The Morgan fingerprint density at radius 1 is 1.35 bits per heavy atom. The molecule has 1 aromatic rings. The molecule has 0 fully saturated rings. The van der Waals surface area contributed by atoms with Crippen molar-refractivity contribution in [1.29, 1.82) is 0 Å². The summed E-state index contributed by atoms with van der Waals surface area (Å²) in [6, 6.07) is 6.06. The Labute approximate surface area is 124 Å². The Morgan fingerprint density at radius 2 is 2.05 bits per heavy atom. The molecule has 0 aromatic heterocycles. The van der Waals surface area contributed by atoms with Gasteiger partial charge in [0.05, 0.1) is 6.61 Å². The molecular formula is C15H23NO3S. The highest BCUT2D eigenvalue weighted by Crippen LogP contribution is 2.36. The Morgan fingerprint density at radius 3 is 2.70 bits per heavy atom. The van der Waals surface area contributed by atoms with Crippen molar-refractivity contribution in [1.82, 2.24) is 5.32 Å². The molecule has 0 saturated heterocycles. The number of aliphatic hydroxyl groups excluding tert-OH is 1. The zero-order valence-electron chi connectivity index (χ0n) is 12.3. The van der Waals surface area contributed by atoms with Crippen LogP contribution < -0.4 is 14.8 Å². The van der Waals surface area contributed by atoms with Gasteiger partial charge in [-0.15, -0.1) is 11.8 Å². The number of fused-ring (bicyclic) bond motifs is 1. The monoisotopic (exact) mass is 297 g/mol. The molecule has 5 heteroatoms.